The number of halogens is 1. The summed E-state index contributed by atoms with van der Waals surface area (Å²) in [5.74, 6) is 0.391. The van der Waals surface area contributed by atoms with Crippen molar-refractivity contribution in [2.24, 2.45) is 5.92 Å². The molecule has 1 aromatic heterocycles. The number of hydrogen-bond donors (Lipinski definition) is 1. The summed E-state index contributed by atoms with van der Waals surface area (Å²) < 4.78 is 1.62. The second kappa shape index (κ2) is 10.5. The third kappa shape index (κ3) is 5.77. The molecular weight excluding hydrogens is 424 g/mol. The van der Waals surface area contributed by atoms with E-state index in [1.807, 2.05) is 82.3 Å². The van der Waals surface area contributed by atoms with E-state index in [4.69, 9.17) is 16.7 Å². The van der Waals surface area contributed by atoms with E-state index in [0.717, 1.165) is 5.56 Å². The first kappa shape index (κ1) is 23.5. The number of carbonyl (C=O) groups excluding carboxylic acids is 2. The van der Waals surface area contributed by atoms with Gasteiger partial charge in [-0.25, -0.2) is 4.68 Å². The first-order chi connectivity index (χ1) is 15.3. The Bertz CT molecular complexity index is 1080. The van der Waals surface area contributed by atoms with Crippen LogP contribution in [0.3, 0.4) is 0 Å². The van der Waals surface area contributed by atoms with Crippen LogP contribution < -0.4 is 5.32 Å². The zero-order valence-electron chi connectivity index (χ0n) is 18.9. The van der Waals surface area contributed by atoms with Crippen LogP contribution in [0.15, 0.2) is 60.7 Å². The average Bonchev–Trinajstić information content (AvgIpc) is 3.15. The molecule has 0 bridgehead atoms. The topological polar surface area (TPSA) is 67.2 Å². The number of hydrogen-bond acceptors (Lipinski definition) is 3. The van der Waals surface area contributed by atoms with Crippen molar-refractivity contribution in [1.82, 2.24) is 14.7 Å². The average molecular weight is 453 g/mol. The molecule has 32 heavy (non-hydrogen) atoms. The number of anilines is 1. The maximum atomic E-state index is 13.0. The summed E-state index contributed by atoms with van der Waals surface area (Å²) in [6, 6.07) is 18.8. The predicted molar refractivity (Wildman–Crippen MR) is 129 cm³/mol. The summed E-state index contributed by atoms with van der Waals surface area (Å²) in [6.07, 6.45) is 0.404. The maximum Gasteiger partial charge on any atom is 0.245 e. The molecule has 3 aromatic rings. The van der Waals surface area contributed by atoms with E-state index in [1.165, 1.54) is 0 Å². The summed E-state index contributed by atoms with van der Waals surface area (Å²) in [5, 5.41) is 8.13. The van der Waals surface area contributed by atoms with E-state index in [9.17, 15) is 9.59 Å². The van der Waals surface area contributed by atoms with Gasteiger partial charge in [0.2, 0.25) is 11.8 Å². The van der Waals surface area contributed by atoms with Crippen molar-refractivity contribution in [2.45, 2.75) is 40.2 Å². The Labute approximate surface area is 194 Å². The van der Waals surface area contributed by atoms with Crippen molar-refractivity contribution in [3.05, 3.63) is 65.7 Å². The molecule has 0 unspecified atom stereocenters. The van der Waals surface area contributed by atoms with Crippen LogP contribution in [0.4, 0.5) is 5.82 Å². The first-order valence-electron chi connectivity index (χ1n) is 10.8. The van der Waals surface area contributed by atoms with Gasteiger partial charge >= 0.3 is 0 Å². The Kier molecular flexibility index (Phi) is 7.70. The van der Waals surface area contributed by atoms with Crippen LogP contribution in [-0.4, -0.2) is 39.1 Å². The van der Waals surface area contributed by atoms with Gasteiger partial charge in [0.15, 0.2) is 0 Å². The number of rotatable bonds is 8. The summed E-state index contributed by atoms with van der Waals surface area (Å²) in [7, 11) is 0. The number of carbonyl (C=O) groups is 2. The maximum absolute atomic E-state index is 13.0. The first-order valence-corrected chi connectivity index (χ1v) is 11.1. The molecule has 6 nitrogen and oxygen atoms in total. The van der Waals surface area contributed by atoms with Crippen molar-refractivity contribution >= 4 is 29.2 Å². The Morgan fingerprint density at radius 2 is 1.69 bits per heavy atom. The zero-order valence-corrected chi connectivity index (χ0v) is 19.6. The molecule has 0 aliphatic rings. The number of aromatic nitrogens is 2. The van der Waals surface area contributed by atoms with Crippen LogP contribution >= 0.6 is 11.6 Å². The van der Waals surface area contributed by atoms with Crippen LogP contribution in [0.5, 0.6) is 0 Å². The largest absolute Gasteiger partial charge is 0.331 e. The molecular formula is C25H29ClN4O2. The molecule has 3 rings (SSSR count). The minimum absolute atomic E-state index is 0.0302. The van der Waals surface area contributed by atoms with Gasteiger partial charge in [0.05, 0.1) is 16.4 Å². The number of nitrogens with zero attached hydrogens (tertiary/aromatic N) is 3. The van der Waals surface area contributed by atoms with Crippen LogP contribution in [-0.2, 0) is 9.59 Å². The van der Waals surface area contributed by atoms with Gasteiger partial charge in [-0.15, -0.1) is 0 Å². The van der Waals surface area contributed by atoms with Gasteiger partial charge in [-0.3, -0.25) is 9.59 Å². The summed E-state index contributed by atoms with van der Waals surface area (Å²) >= 11 is 6.41. The standard InChI is InChI=1S/C25H29ClN4O2/c1-17(2)14-25(32)29(18(3)4)16-24(31)27-23-15-21(19-10-6-5-7-11-19)28-30(23)22-13-9-8-12-20(22)26/h5-13,15,17-18H,14,16H2,1-4H3,(H,27,31). The lowest BCUT2D eigenvalue weighted by Crippen LogP contribution is -2.42. The Hall–Kier alpha value is -3.12. The molecule has 0 spiro atoms. The van der Waals surface area contributed by atoms with Crippen LogP contribution in [0.2, 0.25) is 5.02 Å². The molecule has 168 valence electrons. The van der Waals surface area contributed by atoms with E-state index in [2.05, 4.69) is 5.32 Å². The molecule has 0 atom stereocenters. The predicted octanol–water partition coefficient (Wildman–Crippen LogP) is 5.41. The van der Waals surface area contributed by atoms with Crippen molar-refractivity contribution < 1.29 is 9.59 Å². The summed E-state index contributed by atoms with van der Waals surface area (Å²) in [4.78, 5) is 27.2. The fraction of sp³-hybridized carbons (Fsp3) is 0.320. The van der Waals surface area contributed by atoms with Crippen molar-refractivity contribution in [3.8, 4) is 16.9 Å². The van der Waals surface area contributed by atoms with Gasteiger partial charge in [0.1, 0.15) is 12.4 Å². The summed E-state index contributed by atoms with van der Waals surface area (Å²) in [5.41, 5.74) is 2.28. The molecule has 0 aliphatic carbocycles. The molecule has 1 N–H and O–H groups in total. The second-order valence-electron chi connectivity index (χ2n) is 8.41. The lowest BCUT2D eigenvalue weighted by Gasteiger charge is -2.27. The second-order valence-corrected chi connectivity index (χ2v) is 8.81. The van der Waals surface area contributed by atoms with Gasteiger partial charge in [0.25, 0.3) is 0 Å². The van der Waals surface area contributed by atoms with Gasteiger partial charge in [-0.05, 0) is 31.9 Å². The summed E-state index contributed by atoms with van der Waals surface area (Å²) in [6.45, 7) is 7.77. The lowest BCUT2D eigenvalue weighted by molar-refractivity contribution is -0.137. The number of para-hydroxylation sites is 1. The van der Waals surface area contributed by atoms with Crippen molar-refractivity contribution in [2.75, 3.05) is 11.9 Å². The highest BCUT2D eigenvalue weighted by atomic mass is 35.5. The Morgan fingerprint density at radius 1 is 1.03 bits per heavy atom. The smallest absolute Gasteiger partial charge is 0.245 e. The van der Waals surface area contributed by atoms with Gasteiger partial charge < -0.3 is 10.2 Å². The third-order valence-corrected chi connectivity index (χ3v) is 5.29. The normalized spacial score (nSPS) is 11.1. The fourth-order valence-electron chi connectivity index (χ4n) is 3.39. The van der Waals surface area contributed by atoms with Gasteiger partial charge in [-0.2, -0.15) is 5.10 Å². The molecule has 2 amide bonds. The minimum atomic E-state index is -0.288. The molecule has 7 heteroatoms. The molecule has 0 saturated carbocycles. The molecule has 0 fully saturated rings. The van der Waals surface area contributed by atoms with E-state index in [0.29, 0.717) is 28.6 Å². The minimum Gasteiger partial charge on any atom is -0.331 e. The number of amides is 2. The molecule has 0 radical (unpaired) electrons. The third-order valence-electron chi connectivity index (χ3n) is 4.97. The molecule has 1 heterocycles. The number of benzene rings is 2. The van der Waals surface area contributed by atoms with Crippen molar-refractivity contribution in [1.29, 1.82) is 0 Å². The quantitative estimate of drug-likeness (QED) is 0.496. The van der Waals surface area contributed by atoms with E-state index >= 15 is 0 Å². The van der Waals surface area contributed by atoms with E-state index in [1.54, 1.807) is 15.6 Å². The highest BCUT2D eigenvalue weighted by molar-refractivity contribution is 6.32. The Balaban J connectivity index is 1.90. The zero-order chi connectivity index (χ0) is 23.3. The lowest BCUT2D eigenvalue weighted by atomic mass is 10.1. The van der Waals surface area contributed by atoms with Crippen molar-refractivity contribution in [3.63, 3.8) is 0 Å². The molecule has 0 aliphatic heterocycles. The Morgan fingerprint density at radius 3 is 2.31 bits per heavy atom. The fourth-order valence-corrected chi connectivity index (χ4v) is 3.61. The van der Waals surface area contributed by atoms with Crippen LogP contribution in [0.25, 0.3) is 16.9 Å². The monoisotopic (exact) mass is 452 g/mol. The van der Waals surface area contributed by atoms with E-state index < -0.39 is 0 Å². The van der Waals surface area contributed by atoms with E-state index in [-0.39, 0.29) is 30.3 Å². The highest BCUT2D eigenvalue weighted by Gasteiger charge is 2.22. The van der Waals surface area contributed by atoms with Gasteiger partial charge in [-0.1, -0.05) is 67.9 Å². The van der Waals surface area contributed by atoms with Crippen LogP contribution in [0.1, 0.15) is 34.1 Å². The van der Waals surface area contributed by atoms with Gasteiger partial charge in [0, 0.05) is 24.1 Å². The molecule has 0 saturated heterocycles. The molecule has 2 aromatic carbocycles. The highest BCUT2D eigenvalue weighted by Crippen LogP contribution is 2.28. The number of nitrogens with one attached hydrogen (secondary N) is 1. The SMILES string of the molecule is CC(C)CC(=O)N(CC(=O)Nc1cc(-c2ccccc2)nn1-c1ccccc1Cl)C(C)C. The van der Waals surface area contributed by atoms with Crippen LogP contribution in [0, 0.1) is 5.92 Å².